The number of hydrogen-bond acceptors (Lipinski definition) is 4. The van der Waals surface area contributed by atoms with Crippen molar-refractivity contribution in [2.75, 3.05) is 13.1 Å². The van der Waals surface area contributed by atoms with E-state index in [0.29, 0.717) is 13.1 Å². The second-order valence-corrected chi connectivity index (χ2v) is 5.98. The first-order valence-electron chi connectivity index (χ1n) is 7.49. The third-order valence-corrected chi connectivity index (χ3v) is 4.18. The van der Waals surface area contributed by atoms with Gasteiger partial charge in [-0.1, -0.05) is 0 Å². The molecular formula is C15H19N5O3. The van der Waals surface area contributed by atoms with Gasteiger partial charge >= 0.3 is 5.69 Å². The Bertz CT molecular complexity index is 876. The van der Waals surface area contributed by atoms with Gasteiger partial charge in [-0.05, 0) is 26.3 Å². The molecule has 3 rings (SSSR count). The lowest BCUT2D eigenvalue weighted by atomic mass is 10.2. The molecule has 1 amide bonds. The zero-order valence-electron chi connectivity index (χ0n) is 13.4. The highest BCUT2D eigenvalue weighted by Crippen LogP contribution is 2.23. The van der Waals surface area contributed by atoms with Crippen LogP contribution >= 0.6 is 0 Å². The van der Waals surface area contributed by atoms with Gasteiger partial charge in [-0.15, -0.1) is 0 Å². The van der Waals surface area contributed by atoms with Crippen molar-refractivity contribution in [1.82, 2.24) is 24.2 Å². The predicted molar refractivity (Wildman–Crippen MR) is 83.6 cm³/mol. The Morgan fingerprint density at radius 1 is 1.35 bits per heavy atom. The molecule has 1 aliphatic rings. The Morgan fingerprint density at radius 2 is 2.09 bits per heavy atom. The van der Waals surface area contributed by atoms with Crippen molar-refractivity contribution < 1.29 is 4.79 Å². The first kappa shape index (κ1) is 15.3. The zero-order valence-corrected chi connectivity index (χ0v) is 13.4. The van der Waals surface area contributed by atoms with Gasteiger partial charge in [-0.2, -0.15) is 5.10 Å². The quantitative estimate of drug-likeness (QED) is 0.842. The van der Waals surface area contributed by atoms with Crippen LogP contribution in [0.4, 0.5) is 0 Å². The molecule has 1 fully saturated rings. The predicted octanol–water partition coefficient (Wildman–Crippen LogP) is -0.0259. The fraction of sp³-hybridized carbons (Fsp3) is 0.467. The van der Waals surface area contributed by atoms with E-state index in [9.17, 15) is 14.4 Å². The third-order valence-electron chi connectivity index (χ3n) is 4.18. The van der Waals surface area contributed by atoms with Gasteiger partial charge < -0.3 is 9.47 Å². The second kappa shape index (κ2) is 5.53. The Morgan fingerprint density at radius 3 is 2.74 bits per heavy atom. The molecule has 8 nitrogen and oxygen atoms in total. The Kier molecular flexibility index (Phi) is 3.67. The average Bonchev–Trinajstić information content (AvgIpc) is 3.08. The van der Waals surface area contributed by atoms with E-state index in [1.807, 2.05) is 24.6 Å². The summed E-state index contributed by atoms with van der Waals surface area (Å²) in [6.07, 6.45) is 2.08. The van der Waals surface area contributed by atoms with Gasteiger partial charge in [0.2, 0.25) is 0 Å². The minimum Gasteiger partial charge on any atom is -0.336 e. The molecule has 1 aliphatic heterocycles. The van der Waals surface area contributed by atoms with Crippen LogP contribution in [-0.2, 0) is 7.05 Å². The number of carbonyl (C=O) groups excluding carboxylic acids is 1. The van der Waals surface area contributed by atoms with E-state index in [1.165, 1.54) is 17.8 Å². The van der Waals surface area contributed by atoms with Crippen LogP contribution in [0.2, 0.25) is 0 Å². The van der Waals surface area contributed by atoms with Crippen LogP contribution in [0, 0.1) is 13.8 Å². The molecule has 0 radical (unpaired) electrons. The van der Waals surface area contributed by atoms with Crippen molar-refractivity contribution in [1.29, 1.82) is 0 Å². The van der Waals surface area contributed by atoms with Gasteiger partial charge in [0, 0.05) is 32.0 Å². The highest BCUT2D eigenvalue weighted by atomic mass is 16.2. The van der Waals surface area contributed by atoms with Crippen LogP contribution in [0.15, 0.2) is 21.9 Å². The van der Waals surface area contributed by atoms with Gasteiger partial charge in [-0.25, -0.2) is 4.79 Å². The fourth-order valence-corrected chi connectivity index (χ4v) is 3.03. The van der Waals surface area contributed by atoms with Crippen LogP contribution < -0.4 is 11.2 Å². The Hall–Kier alpha value is -2.64. The molecule has 2 aromatic heterocycles. The summed E-state index contributed by atoms with van der Waals surface area (Å²) in [5.74, 6) is -0.356. The van der Waals surface area contributed by atoms with Crippen molar-refractivity contribution in [3.05, 3.63) is 50.1 Å². The molecule has 122 valence electrons. The highest BCUT2D eigenvalue weighted by molar-refractivity contribution is 5.93. The number of aromatic amines is 1. The lowest BCUT2D eigenvalue weighted by Gasteiger charge is -2.17. The maximum absolute atomic E-state index is 12.6. The number of aromatic nitrogens is 4. The molecule has 1 N–H and O–H groups in total. The van der Waals surface area contributed by atoms with Crippen molar-refractivity contribution in [3.63, 3.8) is 0 Å². The van der Waals surface area contributed by atoms with Crippen molar-refractivity contribution in [2.45, 2.75) is 26.3 Å². The molecule has 2 aromatic rings. The lowest BCUT2D eigenvalue weighted by Crippen LogP contribution is -2.38. The SMILES string of the molecule is Cc1cc(C)n([C@H]2CCN(C(=O)c3cn(C)c(=O)[nH]c3=O)C2)n1. The summed E-state index contributed by atoms with van der Waals surface area (Å²) in [6.45, 7) is 4.99. The van der Waals surface area contributed by atoms with Crippen molar-refractivity contribution >= 4 is 5.91 Å². The topological polar surface area (TPSA) is 93.0 Å². The number of nitrogens with one attached hydrogen (secondary N) is 1. The van der Waals surface area contributed by atoms with E-state index in [2.05, 4.69) is 10.1 Å². The number of H-pyrrole nitrogens is 1. The number of rotatable bonds is 2. The normalized spacial score (nSPS) is 17.7. The van der Waals surface area contributed by atoms with Gasteiger partial charge in [0.1, 0.15) is 5.56 Å². The monoisotopic (exact) mass is 317 g/mol. The standard InChI is InChI=1S/C15H19N5O3/c1-9-6-10(2)20(17-9)11-4-5-19(7-11)14(22)12-8-18(3)15(23)16-13(12)21/h6,8,11H,4-5,7H2,1-3H3,(H,16,21,23)/t11-/m0/s1. The average molecular weight is 317 g/mol. The van der Waals surface area contributed by atoms with Gasteiger partial charge in [-0.3, -0.25) is 19.3 Å². The molecule has 1 atom stereocenters. The summed E-state index contributed by atoms with van der Waals surface area (Å²) in [6, 6.07) is 2.11. The molecule has 0 saturated carbocycles. The molecule has 3 heterocycles. The summed E-state index contributed by atoms with van der Waals surface area (Å²) in [7, 11) is 1.50. The van der Waals surface area contributed by atoms with Crippen LogP contribution in [0.3, 0.4) is 0 Å². The first-order chi connectivity index (χ1) is 10.9. The molecule has 0 spiro atoms. The number of aryl methyl sites for hydroxylation is 3. The lowest BCUT2D eigenvalue weighted by molar-refractivity contribution is 0.0784. The van der Waals surface area contributed by atoms with E-state index in [-0.39, 0.29) is 17.5 Å². The third kappa shape index (κ3) is 2.71. The summed E-state index contributed by atoms with van der Waals surface area (Å²) in [5, 5.41) is 4.47. The van der Waals surface area contributed by atoms with E-state index < -0.39 is 11.2 Å². The minimum atomic E-state index is -0.646. The van der Waals surface area contributed by atoms with E-state index in [1.54, 1.807) is 4.90 Å². The number of nitrogens with zero attached hydrogens (tertiary/aromatic N) is 4. The smallest absolute Gasteiger partial charge is 0.328 e. The van der Waals surface area contributed by atoms with Crippen molar-refractivity contribution in [3.8, 4) is 0 Å². The minimum absolute atomic E-state index is 0.0129. The maximum Gasteiger partial charge on any atom is 0.328 e. The van der Waals surface area contributed by atoms with Crippen molar-refractivity contribution in [2.24, 2.45) is 7.05 Å². The molecule has 1 saturated heterocycles. The summed E-state index contributed by atoms with van der Waals surface area (Å²) in [4.78, 5) is 39.6. The van der Waals surface area contributed by atoms with E-state index >= 15 is 0 Å². The number of amides is 1. The van der Waals surface area contributed by atoms with Gasteiger partial charge in [0.15, 0.2) is 0 Å². The number of hydrogen-bond donors (Lipinski definition) is 1. The second-order valence-electron chi connectivity index (χ2n) is 5.98. The van der Waals surface area contributed by atoms with Crippen LogP contribution in [0.25, 0.3) is 0 Å². The first-order valence-corrected chi connectivity index (χ1v) is 7.49. The van der Waals surface area contributed by atoms with Gasteiger partial charge in [0.25, 0.3) is 11.5 Å². The molecule has 23 heavy (non-hydrogen) atoms. The summed E-state index contributed by atoms with van der Waals surface area (Å²) in [5.41, 5.74) is 0.811. The molecule has 0 unspecified atom stereocenters. The largest absolute Gasteiger partial charge is 0.336 e. The van der Waals surface area contributed by atoms with Gasteiger partial charge in [0.05, 0.1) is 11.7 Å². The molecule has 8 heteroatoms. The molecule has 0 aromatic carbocycles. The van der Waals surface area contributed by atoms with E-state index in [4.69, 9.17) is 0 Å². The Balaban J connectivity index is 1.83. The van der Waals surface area contributed by atoms with E-state index in [0.717, 1.165) is 17.8 Å². The summed E-state index contributed by atoms with van der Waals surface area (Å²) >= 11 is 0. The fourth-order valence-electron chi connectivity index (χ4n) is 3.03. The Labute approximate surface area is 132 Å². The molecular weight excluding hydrogens is 298 g/mol. The molecule has 0 bridgehead atoms. The van der Waals surface area contributed by atoms with Crippen LogP contribution in [-0.4, -0.2) is 43.2 Å². The van der Waals surface area contributed by atoms with Crippen LogP contribution in [0.5, 0.6) is 0 Å². The zero-order chi connectivity index (χ0) is 16.7. The highest BCUT2D eigenvalue weighted by Gasteiger charge is 2.30. The number of carbonyl (C=O) groups is 1. The summed E-state index contributed by atoms with van der Waals surface area (Å²) < 4.78 is 3.14. The van der Waals surface area contributed by atoms with Crippen LogP contribution in [0.1, 0.15) is 34.2 Å². The molecule has 0 aliphatic carbocycles. The number of likely N-dealkylation sites (tertiary alicyclic amines) is 1. The maximum atomic E-state index is 12.6.